The fraction of sp³-hybridized carbons (Fsp3) is 0.611. The van der Waals surface area contributed by atoms with Crippen LogP contribution < -0.4 is 0 Å². The van der Waals surface area contributed by atoms with Crippen LogP contribution in [0.25, 0.3) is 0 Å². The number of fused-ring (bicyclic) bond motifs is 1. The quantitative estimate of drug-likeness (QED) is 0.745. The zero-order valence-electron chi connectivity index (χ0n) is 14.3. The molecule has 1 heterocycles. The van der Waals surface area contributed by atoms with Crippen LogP contribution in [0.15, 0.2) is 29.2 Å². The van der Waals surface area contributed by atoms with Gasteiger partial charge in [0.2, 0.25) is 10.0 Å². The Morgan fingerprint density at radius 1 is 1.12 bits per heavy atom. The molecule has 8 heteroatoms. The maximum absolute atomic E-state index is 13.1. The van der Waals surface area contributed by atoms with Crippen molar-refractivity contribution in [2.75, 3.05) is 0 Å². The number of hydrogen-bond acceptors (Lipinski definition) is 3. The molecule has 1 aliphatic heterocycles. The van der Waals surface area contributed by atoms with E-state index < -0.39 is 27.3 Å². The van der Waals surface area contributed by atoms with E-state index in [1.807, 2.05) is 6.92 Å². The average Bonchev–Trinajstić information content (AvgIpc) is 3.40. The molecular weight excluding hydrogens is 367 g/mol. The predicted octanol–water partition coefficient (Wildman–Crippen LogP) is 3.62. The first-order chi connectivity index (χ1) is 12.1. The highest BCUT2D eigenvalue weighted by molar-refractivity contribution is 7.89. The number of hydrogen-bond donors (Lipinski definition) is 0. The number of nitrogens with zero attached hydrogens (tertiary/aromatic N) is 1. The lowest BCUT2D eigenvalue weighted by molar-refractivity contribution is -0.137. The number of sulfonamides is 1. The summed E-state index contributed by atoms with van der Waals surface area (Å²) in [6, 6.07) is 3.28. The number of benzene rings is 1. The van der Waals surface area contributed by atoms with E-state index in [1.54, 1.807) is 0 Å². The summed E-state index contributed by atoms with van der Waals surface area (Å²) < 4.78 is 65.9. The van der Waals surface area contributed by atoms with E-state index in [9.17, 15) is 26.4 Å². The molecule has 2 aliphatic carbocycles. The first kappa shape index (κ1) is 18.0. The Kier molecular flexibility index (Phi) is 3.83. The fourth-order valence-electron chi connectivity index (χ4n) is 4.71. The number of rotatable bonds is 3. The summed E-state index contributed by atoms with van der Waals surface area (Å²) in [5.41, 5.74) is -1.40. The molecule has 0 amide bonds. The highest BCUT2D eigenvalue weighted by Crippen LogP contribution is 2.63. The zero-order chi connectivity index (χ0) is 18.9. The van der Waals surface area contributed by atoms with E-state index in [2.05, 4.69) is 0 Å². The molecule has 0 aromatic heterocycles. The van der Waals surface area contributed by atoms with Crippen LogP contribution >= 0.6 is 0 Å². The molecule has 3 aliphatic rings. The largest absolute Gasteiger partial charge is 0.416 e. The summed E-state index contributed by atoms with van der Waals surface area (Å²) >= 11 is 0. The van der Waals surface area contributed by atoms with Crippen LogP contribution in [0.2, 0.25) is 0 Å². The third-order valence-corrected chi connectivity index (χ3v) is 7.88. The number of ketones is 1. The van der Waals surface area contributed by atoms with Gasteiger partial charge < -0.3 is 0 Å². The second-order valence-corrected chi connectivity index (χ2v) is 9.68. The number of Topliss-reactive ketones (excluding diaryl/α,β-unsaturated/α-hetero) is 1. The molecule has 1 saturated heterocycles. The van der Waals surface area contributed by atoms with Gasteiger partial charge in [0, 0.05) is 12.8 Å². The monoisotopic (exact) mass is 387 g/mol. The van der Waals surface area contributed by atoms with Gasteiger partial charge in [0.15, 0.2) is 0 Å². The van der Waals surface area contributed by atoms with Gasteiger partial charge in [-0.1, -0.05) is 6.92 Å². The second-order valence-electron chi connectivity index (χ2n) is 7.86. The zero-order valence-corrected chi connectivity index (χ0v) is 15.1. The maximum atomic E-state index is 13.1. The van der Waals surface area contributed by atoms with Gasteiger partial charge in [-0.15, -0.1) is 0 Å². The molecule has 4 atom stereocenters. The molecule has 1 aromatic carbocycles. The summed E-state index contributed by atoms with van der Waals surface area (Å²) in [5.74, 6) is 0.432. The van der Waals surface area contributed by atoms with Gasteiger partial charge in [0.05, 0.1) is 22.0 Å². The van der Waals surface area contributed by atoms with Crippen LogP contribution in [0.3, 0.4) is 0 Å². The van der Waals surface area contributed by atoms with E-state index in [0.29, 0.717) is 12.8 Å². The van der Waals surface area contributed by atoms with E-state index in [-0.39, 0.29) is 35.0 Å². The molecule has 4 rings (SSSR count). The molecule has 2 saturated carbocycles. The highest BCUT2D eigenvalue weighted by Gasteiger charge is 2.74. The first-order valence-electron chi connectivity index (χ1n) is 8.80. The minimum absolute atomic E-state index is 0.0649. The minimum atomic E-state index is -4.51. The molecule has 0 radical (unpaired) electrons. The molecule has 0 bridgehead atoms. The van der Waals surface area contributed by atoms with E-state index in [4.69, 9.17) is 0 Å². The van der Waals surface area contributed by atoms with Gasteiger partial charge in [0.1, 0.15) is 5.78 Å². The lowest BCUT2D eigenvalue weighted by Gasteiger charge is -2.20. The molecule has 4 unspecified atom stereocenters. The number of alkyl halides is 3. The Morgan fingerprint density at radius 2 is 1.73 bits per heavy atom. The second kappa shape index (κ2) is 5.55. The topological polar surface area (TPSA) is 54.2 Å². The van der Waals surface area contributed by atoms with Crippen molar-refractivity contribution in [3.63, 3.8) is 0 Å². The fourth-order valence-corrected chi connectivity index (χ4v) is 6.75. The molecule has 0 N–H and O–H groups in total. The van der Waals surface area contributed by atoms with Crippen molar-refractivity contribution in [1.82, 2.24) is 4.31 Å². The summed E-state index contributed by atoms with van der Waals surface area (Å²) in [5, 5.41) is 0. The standard InChI is InChI=1S/C18H20F3NO3S/c1-11-8-14(23)9-16-17(10-11,12-2-3-12)22(16)26(24,25)15-6-4-13(5-7-15)18(19,20)21/h4-7,11-12,16H,2-3,8-10H2,1H3. The summed E-state index contributed by atoms with van der Waals surface area (Å²) in [6.45, 7) is 1.96. The Bertz CT molecular complexity index is 845. The van der Waals surface area contributed by atoms with Crippen LogP contribution in [0.1, 0.15) is 44.6 Å². The molecule has 0 spiro atoms. The number of halogens is 3. The van der Waals surface area contributed by atoms with Crippen molar-refractivity contribution < 1.29 is 26.4 Å². The normalized spacial score (nSPS) is 34.9. The highest BCUT2D eigenvalue weighted by atomic mass is 32.2. The number of carbonyl (C=O) groups is 1. The van der Waals surface area contributed by atoms with E-state index in [0.717, 1.165) is 37.1 Å². The molecule has 4 nitrogen and oxygen atoms in total. The van der Waals surface area contributed by atoms with Crippen molar-refractivity contribution in [2.45, 2.75) is 61.7 Å². The van der Waals surface area contributed by atoms with E-state index >= 15 is 0 Å². The summed E-state index contributed by atoms with van der Waals surface area (Å²) in [6.07, 6.45) is -1.30. The van der Waals surface area contributed by atoms with Crippen LogP contribution in [-0.4, -0.2) is 30.1 Å². The Morgan fingerprint density at radius 3 is 2.27 bits per heavy atom. The van der Waals surface area contributed by atoms with Crippen molar-refractivity contribution in [3.05, 3.63) is 29.8 Å². The molecule has 26 heavy (non-hydrogen) atoms. The molecular formula is C18H20F3NO3S. The first-order valence-corrected chi connectivity index (χ1v) is 10.2. The van der Waals surface area contributed by atoms with E-state index in [1.165, 1.54) is 4.31 Å². The van der Waals surface area contributed by atoms with Gasteiger partial charge >= 0.3 is 6.18 Å². The third kappa shape index (κ3) is 2.69. The lowest BCUT2D eigenvalue weighted by atomic mass is 9.89. The van der Waals surface area contributed by atoms with Crippen molar-refractivity contribution in [3.8, 4) is 0 Å². The van der Waals surface area contributed by atoms with Crippen molar-refractivity contribution >= 4 is 15.8 Å². The Balaban J connectivity index is 1.69. The Hall–Kier alpha value is -1.41. The van der Waals surface area contributed by atoms with Gasteiger partial charge in [-0.2, -0.15) is 17.5 Å². The van der Waals surface area contributed by atoms with Crippen LogP contribution in [0.4, 0.5) is 13.2 Å². The molecule has 142 valence electrons. The Labute approximate surface area is 150 Å². The maximum Gasteiger partial charge on any atom is 0.416 e. The van der Waals surface area contributed by atoms with Crippen LogP contribution in [0.5, 0.6) is 0 Å². The molecule has 3 fully saturated rings. The molecule has 1 aromatic rings. The smallest absolute Gasteiger partial charge is 0.300 e. The van der Waals surface area contributed by atoms with Crippen LogP contribution in [0, 0.1) is 11.8 Å². The summed E-state index contributed by atoms with van der Waals surface area (Å²) in [4.78, 5) is 12.0. The van der Waals surface area contributed by atoms with Gasteiger partial charge in [-0.05, 0) is 55.4 Å². The van der Waals surface area contributed by atoms with Crippen molar-refractivity contribution in [1.29, 1.82) is 0 Å². The number of carbonyl (C=O) groups excluding carboxylic acids is 1. The van der Waals surface area contributed by atoms with Gasteiger partial charge in [-0.3, -0.25) is 4.79 Å². The van der Waals surface area contributed by atoms with Gasteiger partial charge in [0.25, 0.3) is 0 Å². The predicted molar refractivity (Wildman–Crippen MR) is 87.7 cm³/mol. The minimum Gasteiger partial charge on any atom is -0.300 e. The van der Waals surface area contributed by atoms with Gasteiger partial charge in [-0.25, -0.2) is 8.42 Å². The van der Waals surface area contributed by atoms with Crippen molar-refractivity contribution in [2.24, 2.45) is 11.8 Å². The summed E-state index contributed by atoms with van der Waals surface area (Å²) in [7, 11) is -3.92. The van der Waals surface area contributed by atoms with Crippen LogP contribution in [-0.2, 0) is 21.0 Å². The lowest BCUT2D eigenvalue weighted by Crippen LogP contribution is -2.28. The SMILES string of the molecule is CC1CC(=O)CC2N(S(=O)(=O)c3ccc(C(F)(F)F)cc3)C2(C2CC2)C1. The average molecular weight is 387 g/mol. The third-order valence-electron chi connectivity index (χ3n) is 5.90.